The van der Waals surface area contributed by atoms with Gasteiger partial charge in [-0.2, -0.15) is 0 Å². The highest BCUT2D eigenvalue weighted by Crippen LogP contribution is 2.21. The Bertz CT molecular complexity index is 531. The minimum atomic E-state index is -1.21. The van der Waals surface area contributed by atoms with Crippen molar-refractivity contribution in [2.24, 2.45) is 12.8 Å². The summed E-state index contributed by atoms with van der Waals surface area (Å²) in [7, 11) is 1.93. The molecule has 0 saturated carbocycles. The fraction of sp³-hybridized carbons (Fsp3) is 0.250. The van der Waals surface area contributed by atoms with Crippen molar-refractivity contribution in [3.63, 3.8) is 0 Å². The van der Waals surface area contributed by atoms with Crippen molar-refractivity contribution in [3.8, 4) is 0 Å². The zero-order valence-corrected chi connectivity index (χ0v) is 9.01. The number of benzene rings is 1. The third-order valence-electron chi connectivity index (χ3n) is 2.72. The van der Waals surface area contributed by atoms with E-state index in [0.717, 1.165) is 16.5 Å². The Morgan fingerprint density at radius 3 is 2.88 bits per heavy atom. The average molecular weight is 217 g/mol. The smallest absolute Gasteiger partial charge is 0.0585 e. The molecule has 16 heavy (non-hydrogen) atoms. The van der Waals surface area contributed by atoms with E-state index in [-0.39, 0.29) is 0 Å². The molecule has 0 spiro atoms. The van der Waals surface area contributed by atoms with E-state index in [1.807, 2.05) is 42.1 Å². The topological polar surface area (TPSA) is 71.1 Å². The van der Waals surface area contributed by atoms with Crippen molar-refractivity contribution >= 4 is 16.9 Å². The van der Waals surface area contributed by atoms with Crippen LogP contribution in [0.2, 0.25) is 0 Å². The Kier molecular flexibility index (Phi) is 2.66. The second-order valence-corrected chi connectivity index (χ2v) is 3.91. The molecule has 1 aromatic carbocycles. The maximum atomic E-state index is 10.6. The maximum absolute atomic E-state index is 10.6. The summed E-state index contributed by atoms with van der Waals surface area (Å²) < 4.78 is 1.96. The van der Waals surface area contributed by atoms with Crippen LogP contribution in [0.1, 0.15) is 5.56 Å². The summed E-state index contributed by atoms with van der Waals surface area (Å²) in [6.45, 7) is 0. The molecule has 2 aromatic rings. The number of carboxylic acid groups (broad SMARTS) is 1. The van der Waals surface area contributed by atoms with Crippen LogP contribution in [0.3, 0.4) is 0 Å². The van der Waals surface area contributed by atoms with Crippen molar-refractivity contribution in [1.82, 2.24) is 4.57 Å². The molecule has 2 rings (SSSR count). The van der Waals surface area contributed by atoms with Gasteiger partial charge >= 0.3 is 0 Å². The minimum absolute atomic E-state index is 0.295. The van der Waals surface area contributed by atoms with E-state index in [2.05, 4.69) is 0 Å². The molecule has 1 atom stereocenters. The Morgan fingerprint density at radius 1 is 1.50 bits per heavy atom. The fourth-order valence-corrected chi connectivity index (χ4v) is 1.91. The summed E-state index contributed by atoms with van der Waals surface area (Å²) in [5.41, 5.74) is 7.49. The van der Waals surface area contributed by atoms with E-state index in [0.29, 0.717) is 6.42 Å². The summed E-state index contributed by atoms with van der Waals surface area (Å²) in [4.78, 5) is 10.6. The van der Waals surface area contributed by atoms with Gasteiger partial charge in [-0.15, -0.1) is 0 Å². The van der Waals surface area contributed by atoms with Crippen LogP contribution in [0.15, 0.2) is 30.5 Å². The van der Waals surface area contributed by atoms with Crippen molar-refractivity contribution in [2.45, 2.75) is 12.5 Å². The maximum Gasteiger partial charge on any atom is 0.0585 e. The summed E-state index contributed by atoms with van der Waals surface area (Å²) in [5, 5.41) is 11.6. The molecule has 0 radical (unpaired) electrons. The summed E-state index contributed by atoms with van der Waals surface area (Å²) in [6, 6.07) is 6.88. The highest BCUT2D eigenvalue weighted by molar-refractivity contribution is 5.84. The first-order valence-electron chi connectivity index (χ1n) is 5.09. The fourth-order valence-electron chi connectivity index (χ4n) is 1.91. The number of hydrogen-bond acceptors (Lipinski definition) is 3. The second kappa shape index (κ2) is 3.98. The van der Waals surface area contributed by atoms with Crippen molar-refractivity contribution in [3.05, 3.63) is 36.0 Å². The van der Waals surface area contributed by atoms with E-state index in [9.17, 15) is 9.90 Å². The van der Waals surface area contributed by atoms with Gasteiger partial charge in [-0.1, -0.05) is 18.2 Å². The number of nitrogens with two attached hydrogens (primary N) is 1. The van der Waals surface area contributed by atoms with Crippen LogP contribution in [-0.2, 0) is 18.3 Å². The minimum Gasteiger partial charge on any atom is -0.548 e. The molecule has 1 heterocycles. The number of hydrogen-bond donors (Lipinski definition) is 1. The molecule has 4 nitrogen and oxygen atoms in total. The van der Waals surface area contributed by atoms with Gasteiger partial charge in [-0.25, -0.2) is 0 Å². The normalized spacial score (nSPS) is 12.9. The molecular formula is C12H13N2O2-. The Morgan fingerprint density at radius 2 is 2.19 bits per heavy atom. The number of carboxylic acids is 1. The number of carbonyl (C=O) groups is 1. The standard InChI is InChI=1S/C12H14N2O2/c1-14-7-8(6-10(13)12(15)16)9-4-2-3-5-11(9)14/h2-5,7,10H,6,13H2,1H3,(H,15,16)/p-1. The predicted octanol–water partition coefficient (Wildman–Crippen LogP) is -0.202. The monoisotopic (exact) mass is 217 g/mol. The van der Waals surface area contributed by atoms with Crippen molar-refractivity contribution < 1.29 is 9.90 Å². The zero-order chi connectivity index (χ0) is 11.7. The molecule has 0 amide bonds. The number of carbonyl (C=O) groups excluding carboxylic acids is 1. The summed E-state index contributed by atoms with van der Waals surface area (Å²) >= 11 is 0. The third kappa shape index (κ3) is 1.79. The molecule has 0 bridgehead atoms. The molecule has 0 fully saturated rings. The molecule has 0 saturated heterocycles. The van der Waals surface area contributed by atoms with Crippen molar-refractivity contribution in [2.75, 3.05) is 0 Å². The lowest BCUT2D eigenvalue weighted by Crippen LogP contribution is -2.43. The van der Waals surface area contributed by atoms with Gasteiger partial charge in [-0.3, -0.25) is 0 Å². The van der Waals surface area contributed by atoms with Gasteiger partial charge in [0, 0.05) is 30.2 Å². The largest absolute Gasteiger partial charge is 0.548 e. The SMILES string of the molecule is Cn1cc(CC(N)C(=O)[O-])c2ccccc21. The molecular weight excluding hydrogens is 204 g/mol. The number of rotatable bonds is 3. The number of aromatic nitrogens is 1. The van der Waals surface area contributed by atoms with Gasteiger partial charge in [0.05, 0.1) is 5.97 Å². The lowest BCUT2D eigenvalue weighted by atomic mass is 10.1. The average Bonchev–Trinajstić information content (AvgIpc) is 2.57. The summed E-state index contributed by atoms with van der Waals surface area (Å²) in [5.74, 6) is -1.21. The van der Waals surface area contributed by atoms with Crippen LogP contribution in [0.25, 0.3) is 10.9 Å². The first-order chi connectivity index (χ1) is 7.59. The number of aliphatic carboxylic acids is 1. The first kappa shape index (κ1) is 10.7. The van der Waals surface area contributed by atoms with Gasteiger partial charge in [0.15, 0.2) is 0 Å². The molecule has 84 valence electrons. The second-order valence-electron chi connectivity index (χ2n) is 3.91. The van der Waals surface area contributed by atoms with Gasteiger partial charge in [0.25, 0.3) is 0 Å². The molecule has 4 heteroatoms. The molecule has 0 aliphatic carbocycles. The number of nitrogens with zero attached hydrogens (tertiary/aromatic N) is 1. The third-order valence-corrected chi connectivity index (χ3v) is 2.72. The van der Waals surface area contributed by atoms with Crippen LogP contribution in [-0.4, -0.2) is 16.6 Å². The number of fused-ring (bicyclic) bond motifs is 1. The molecule has 1 unspecified atom stereocenters. The Balaban J connectivity index is 2.42. The first-order valence-corrected chi connectivity index (χ1v) is 5.09. The van der Waals surface area contributed by atoms with E-state index in [1.54, 1.807) is 0 Å². The Hall–Kier alpha value is -1.81. The lowest BCUT2D eigenvalue weighted by Gasteiger charge is -2.11. The quantitative estimate of drug-likeness (QED) is 0.773. The van der Waals surface area contributed by atoms with Gasteiger partial charge in [0.2, 0.25) is 0 Å². The van der Waals surface area contributed by atoms with Crippen LogP contribution in [0.5, 0.6) is 0 Å². The van der Waals surface area contributed by atoms with E-state index >= 15 is 0 Å². The molecule has 0 aliphatic heterocycles. The van der Waals surface area contributed by atoms with Crippen LogP contribution >= 0.6 is 0 Å². The van der Waals surface area contributed by atoms with Crippen LogP contribution < -0.4 is 10.8 Å². The lowest BCUT2D eigenvalue weighted by molar-refractivity contribution is -0.307. The zero-order valence-electron chi connectivity index (χ0n) is 9.01. The number of para-hydroxylation sites is 1. The van der Waals surface area contributed by atoms with Gasteiger partial charge in [0.1, 0.15) is 0 Å². The van der Waals surface area contributed by atoms with Crippen LogP contribution in [0, 0.1) is 0 Å². The molecule has 2 N–H and O–H groups in total. The highest BCUT2D eigenvalue weighted by Gasteiger charge is 2.10. The molecule has 0 aliphatic rings. The molecule has 1 aromatic heterocycles. The number of aryl methyl sites for hydroxylation is 1. The Labute approximate surface area is 93.3 Å². The predicted molar refractivity (Wildman–Crippen MR) is 59.6 cm³/mol. The van der Waals surface area contributed by atoms with Crippen molar-refractivity contribution in [1.29, 1.82) is 0 Å². The summed E-state index contributed by atoms with van der Waals surface area (Å²) in [6.07, 6.45) is 2.21. The van der Waals surface area contributed by atoms with Crippen LogP contribution in [0.4, 0.5) is 0 Å². The highest BCUT2D eigenvalue weighted by atomic mass is 16.4. The van der Waals surface area contributed by atoms with E-state index in [1.165, 1.54) is 0 Å². The van der Waals surface area contributed by atoms with Gasteiger partial charge < -0.3 is 20.2 Å². The van der Waals surface area contributed by atoms with E-state index in [4.69, 9.17) is 5.73 Å². The van der Waals surface area contributed by atoms with E-state index < -0.39 is 12.0 Å². The van der Waals surface area contributed by atoms with Gasteiger partial charge in [-0.05, 0) is 18.1 Å².